The largest absolute Gasteiger partial charge is 0.348 e. The van der Waals surface area contributed by atoms with Gasteiger partial charge in [0.15, 0.2) is 0 Å². The number of aromatic nitrogens is 2. The Kier molecular flexibility index (Phi) is 2.82. The summed E-state index contributed by atoms with van der Waals surface area (Å²) in [5, 5.41) is 6.61. The van der Waals surface area contributed by atoms with Crippen LogP contribution >= 0.6 is 15.9 Å². The third-order valence-electron chi connectivity index (χ3n) is 4.34. The Bertz CT molecular complexity index is 683. The highest BCUT2D eigenvalue weighted by Gasteiger charge is 2.40. The molecule has 2 bridgehead atoms. The first kappa shape index (κ1) is 12.3. The highest BCUT2D eigenvalue weighted by Crippen LogP contribution is 2.31. The van der Waals surface area contributed by atoms with Gasteiger partial charge in [-0.1, -0.05) is 0 Å². The van der Waals surface area contributed by atoms with Gasteiger partial charge in [-0.3, -0.25) is 4.79 Å². The van der Waals surface area contributed by atoms with E-state index in [9.17, 15) is 4.79 Å². The van der Waals surface area contributed by atoms with Gasteiger partial charge in [0, 0.05) is 30.0 Å². The number of imidazole rings is 1. The molecule has 0 aromatic carbocycles. The molecule has 6 heteroatoms. The van der Waals surface area contributed by atoms with E-state index < -0.39 is 0 Å². The molecular formula is C14H15BrN4O. The molecule has 104 valence electrons. The van der Waals surface area contributed by atoms with Crippen molar-refractivity contribution in [2.24, 2.45) is 5.92 Å². The molecule has 1 amide bonds. The van der Waals surface area contributed by atoms with Crippen molar-refractivity contribution in [3.63, 3.8) is 0 Å². The SMILES string of the molecule is O=C(NC1CC2CNC1C2)c1ccn2cc(Br)nc2c1. The molecule has 2 N–H and O–H groups in total. The van der Waals surface area contributed by atoms with Gasteiger partial charge >= 0.3 is 0 Å². The van der Waals surface area contributed by atoms with E-state index in [1.165, 1.54) is 6.42 Å². The van der Waals surface area contributed by atoms with Gasteiger partial charge in [0.1, 0.15) is 10.3 Å². The summed E-state index contributed by atoms with van der Waals surface area (Å²) in [5.41, 5.74) is 1.44. The first-order valence-electron chi connectivity index (χ1n) is 6.87. The van der Waals surface area contributed by atoms with Crippen molar-refractivity contribution in [2.45, 2.75) is 24.9 Å². The molecule has 20 heavy (non-hydrogen) atoms. The number of hydrogen-bond acceptors (Lipinski definition) is 3. The molecule has 1 aliphatic heterocycles. The van der Waals surface area contributed by atoms with Crippen LogP contribution in [0.4, 0.5) is 0 Å². The number of nitrogens with zero attached hydrogens (tertiary/aromatic N) is 2. The summed E-state index contributed by atoms with van der Waals surface area (Å²) in [6.45, 7) is 1.10. The van der Waals surface area contributed by atoms with E-state index in [-0.39, 0.29) is 11.9 Å². The van der Waals surface area contributed by atoms with E-state index in [4.69, 9.17) is 0 Å². The van der Waals surface area contributed by atoms with E-state index in [0.717, 1.165) is 29.1 Å². The highest BCUT2D eigenvalue weighted by atomic mass is 79.9. The van der Waals surface area contributed by atoms with Crippen LogP contribution in [0, 0.1) is 5.92 Å². The Morgan fingerprint density at radius 1 is 1.50 bits per heavy atom. The monoisotopic (exact) mass is 334 g/mol. The summed E-state index contributed by atoms with van der Waals surface area (Å²) in [6, 6.07) is 4.37. The van der Waals surface area contributed by atoms with Crippen molar-refractivity contribution in [3.05, 3.63) is 34.7 Å². The number of pyridine rings is 1. The van der Waals surface area contributed by atoms with Crippen LogP contribution < -0.4 is 10.6 Å². The average Bonchev–Trinajstić information content (AvgIpc) is 3.10. The lowest BCUT2D eigenvalue weighted by atomic mass is 10.1. The van der Waals surface area contributed by atoms with Gasteiger partial charge in [-0.2, -0.15) is 0 Å². The summed E-state index contributed by atoms with van der Waals surface area (Å²) < 4.78 is 2.66. The second-order valence-corrected chi connectivity index (χ2v) is 6.49. The number of amides is 1. The van der Waals surface area contributed by atoms with Crippen LogP contribution in [0.15, 0.2) is 29.1 Å². The minimum absolute atomic E-state index is 0.00836. The average molecular weight is 335 g/mol. The maximum atomic E-state index is 12.3. The number of carbonyl (C=O) groups excluding carboxylic acids is 1. The van der Waals surface area contributed by atoms with Gasteiger partial charge in [-0.25, -0.2) is 4.98 Å². The third-order valence-corrected chi connectivity index (χ3v) is 4.72. The van der Waals surface area contributed by atoms with Gasteiger partial charge in [0.2, 0.25) is 0 Å². The van der Waals surface area contributed by atoms with Crippen LogP contribution in [0.5, 0.6) is 0 Å². The number of piperidine rings is 1. The standard InChI is InChI=1S/C14H15BrN4O/c15-12-7-19-2-1-9(5-13(19)18-12)14(20)17-11-4-8-3-10(11)16-6-8/h1-2,5,7-8,10-11,16H,3-4,6H2,(H,17,20). The van der Waals surface area contributed by atoms with Gasteiger partial charge < -0.3 is 15.0 Å². The van der Waals surface area contributed by atoms with E-state index in [1.807, 2.05) is 28.9 Å². The maximum absolute atomic E-state index is 12.3. The Labute approximate surface area is 124 Å². The Balaban J connectivity index is 1.54. The summed E-state index contributed by atoms with van der Waals surface area (Å²) in [7, 11) is 0. The molecule has 3 atom stereocenters. The zero-order chi connectivity index (χ0) is 13.7. The fourth-order valence-electron chi connectivity index (χ4n) is 3.36. The van der Waals surface area contributed by atoms with Crippen LogP contribution in [0.1, 0.15) is 23.2 Å². The zero-order valence-corrected chi connectivity index (χ0v) is 12.4. The lowest BCUT2D eigenvalue weighted by Crippen LogP contribution is -2.47. The van der Waals surface area contributed by atoms with Gasteiger partial charge in [-0.15, -0.1) is 0 Å². The van der Waals surface area contributed by atoms with Gasteiger partial charge in [0.05, 0.1) is 0 Å². The van der Waals surface area contributed by atoms with Crippen LogP contribution in [0.2, 0.25) is 0 Å². The first-order valence-corrected chi connectivity index (χ1v) is 7.67. The summed E-state index contributed by atoms with van der Waals surface area (Å²) in [4.78, 5) is 16.7. The topological polar surface area (TPSA) is 58.4 Å². The minimum atomic E-state index is -0.00836. The quantitative estimate of drug-likeness (QED) is 0.876. The van der Waals surface area contributed by atoms with Crippen molar-refractivity contribution in [3.8, 4) is 0 Å². The second kappa shape index (κ2) is 4.56. The van der Waals surface area contributed by atoms with E-state index >= 15 is 0 Å². The zero-order valence-electron chi connectivity index (χ0n) is 10.8. The van der Waals surface area contributed by atoms with Crippen LogP contribution in [-0.2, 0) is 0 Å². The lowest BCUT2D eigenvalue weighted by molar-refractivity contribution is 0.0928. The second-order valence-electron chi connectivity index (χ2n) is 5.68. The number of carbonyl (C=O) groups is 1. The summed E-state index contributed by atoms with van der Waals surface area (Å²) >= 11 is 3.34. The molecule has 1 saturated heterocycles. The normalized spacial score (nSPS) is 28.1. The Hall–Kier alpha value is -1.40. The van der Waals surface area contributed by atoms with E-state index in [2.05, 4.69) is 31.5 Å². The van der Waals surface area contributed by atoms with Crippen molar-refractivity contribution in [1.82, 2.24) is 20.0 Å². The summed E-state index contributed by atoms with van der Waals surface area (Å²) in [6.07, 6.45) is 6.02. The molecule has 0 radical (unpaired) electrons. The molecule has 2 aliphatic rings. The molecule has 2 aromatic rings. The van der Waals surface area contributed by atoms with Crippen LogP contribution in [0.3, 0.4) is 0 Å². The predicted octanol–water partition coefficient (Wildman–Crippen LogP) is 1.58. The smallest absolute Gasteiger partial charge is 0.251 e. The lowest BCUT2D eigenvalue weighted by Gasteiger charge is -2.23. The number of nitrogens with one attached hydrogen (secondary N) is 2. The molecule has 4 rings (SSSR count). The molecule has 3 heterocycles. The summed E-state index contributed by atoms with van der Waals surface area (Å²) in [5.74, 6) is 0.724. The Morgan fingerprint density at radius 2 is 2.40 bits per heavy atom. The Morgan fingerprint density at radius 3 is 3.15 bits per heavy atom. The first-order chi connectivity index (χ1) is 9.69. The molecule has 1 aliphatic carbocycles. The van der Waals surface area contributed by atoms with Crippen LogP contribution in [-0.4, -0.2) is 33.9 Å². The third kappa shape index (κ3) is 2.03. The molecule has 3 unspecified atom stereocenters. The van der Waals surface area contributed by atoms with E-state index in [1.54, 1.807) is 0 Å². The van der Waals surface area contributed by atoms with Gasteiger partial charge in [0.25, 0.3) is 5.91 Å². The number of halogens is 1. The van der Waals surface area contributed by atoms with Crippen molar-refractivity contribution >= 4 is 27.5 Å². The molecule has 2 fully saturated rings. The molecule has 5 nitrogen and oxygen atoms in total. The number of fused-ring (bicyclic) bond motifs is 3. The minimum Gasteiger partial charge on any atom is -0.348 e. The van der Waals surface area contributed by atoms with Gasteiger partial charge in [-0.05, 0) is 53.4 Å². The predicted molar refractivity (Wildman–Crippen MR) is 78.7 cm³/mol. The molecule has 2 aromatic heterocycles. The number of hydrogen-bond donors (Lipinski definition) is 2. The maximum Gasteiger partial charge on any atom is 0.251 e. The fraction of sp³-hybridized carbons (Fsp3) is 0.429. The molecule has 1 saturated carbocycles. The highest BCUT2D eigenvalue weighted by molar-refractivity contribution is 9.10. The fourth-order valence-corrected chi connectivity index (χ4v) is 3.76. The number of rotatable bonds is 2. The van der Waals surface area contributed by atoms with Crippen molar-refractivity contribution in [1.29, 1.82) is 0 Å². The van der Waals surface area contributed by atoms with E-state index in [0.29, 0.717) is 11.6 Å². The van der Waals surface area contributed by atoms with Crippen molar-refractivity contribution in [2.75, 3.05) is 6.54 Å². The van der Waals surface area contributed by atoms with Crippen molar-refractivity contribution < 1.29 is 4.79 Å². The molecule has 0 spiro atoms. The van der Waals surface area contributed by atoms with Crippen LogP contribution in [0.25, 0.3) is 5.65 Å². The molecular weight excluding hydrogens is 320 g/mol.